The van der Waals surface area contributed by atoms with Gasteiger partial charge < -0.3 is 10.4 Å². The van der Waals surface area contributed by atoms with Crippen molar-refractivity contribution in [1.29, 1.82) is 0 Å². The van der Waals surface area contributed by atoms with E-state index in [9.17, 15) is 9.50 Å². The lowest BCUT2D eigenvalue weighted by molar-refractivity contribution is 0.432. The van der Waals surface area contributed by atoms with E-state index in [0.717, 1.165) is 6.42 Å². The molecule has 2 aromatic carbocycles. The van der Waals surface area contributed by atoms with E-state index in [2.05, 4.69) is 38.2 Å². The monoisotopic (exact) mass is 287 g/mol. The third kappa shape index (κ3) is 3.97. The van der Waals surface area contributed by atoms with Crippen molar-refractivity contribution >= 4 is 5.69 Å². The van der Waals surface area contributed by atoms with E-state index in [-0.39, 0.29) is 17.2 Å². The van der Waals surface area contributed by atoms with E-state index in [1.54, 1.807) is 6.07 Å². The van der Waals surface area contributed by atoms with Crippen LogP contribution in [0.2, 0.25) is 0 Å². The summed E-state index contributed by atoms with van der Waals surface area (Å²) in [4.78, 5) is 0. The molecule has 0 fully saturated rings. The van der Waals surface area contributed by atoms with Crippen LogP contribution in [0.15, 0.2) is 48.5 Å². The number of nitrogens with one attached hydrogen (secondary N) is 1. The molecule has 1 atom stereocenters. The lowest BCUT2D eigenvalue weighted by atomic mass is 9.79. The number of phenols is 1. The molecule has 1 unspecified atom stereocenters. The van der Waals surface area contributed by atoms with Gasteiger partial charge in [-0.3, -0.25) is 0 Å². The fraction of sp³-hybridized carbons (Fsp3) is 0.333. The van der Waals surface area contributed by atoms with Gasteiger partial charge in [-0.25, -0.2) is 4.39 Å². The molecule has 2 rings (SSSR count). The highest BCUT2D eigenvalue weighted by molar-refractivity contribution is 5.47. The van der Waals surface area contributed by atoms with E-state index in [1.165, 1.54) is 17.7 Å². The second kappa shape index (κ2) is 6.17. The molecule has 0 saturated heterocycles. The number of halogens is 1. The SMILES string of the molecule is CC(CC(C)(C)c1ccccc1)Nc1ccc(O)c(F)c1. The van der Waals surface area contributed by atoms with Gasteiger partial charge in [-0.05, 0) is 36.5 Å². The van der Waals surface area contributed by atoms with Gasteiger partial charge in [0.05, 0.1) is 0 Å². The van der Waals surface area contributed by atoms with Crippen LogP contribution in [0.25, 0.3) is 0 Å². The zero-order chi connectivity index (χ0) is 15.5. The molecule has 0 aliphatic heterocycles. The molecular weight excluding hydrogens is 265 g/mol. The van der Waals surface area contributed by atoms with E-state index < -0.39 is 5.82 Å². The third-order valence-electron chi connectivity index (χ3n) is 3.73. The molecule has 0 aliphatic carbocycles. The van der Waals surface area contributed by atoms with Crippen molar-refractivity contribution in [3.63, 3.8) is 0 Å². The van der Waals surface area contributed by atoms with Crippen LogP contribution in [-0.4, -0.2) is 11.1 Å². The standard InChI is InChI=1S/C18H22FNO/c1-13(20-15-9-10-17(21)16(19)11-15)12-18(2,3)14-7-5-4-6-8-14/h4-11,13,20-21H,12H2,1-3H3. The minimum absolute atomic E-state index is 0.0309. The van der Waals surface area contributed by atoms with E-state index in [4.69, 9.17) is 0 Å². The fourth-order valence-corrected chi connectivity index (χ4v) is 2.70. The van der Waals surface area contributed by atoms with Gasteiger partial charge in [0.25, 0.3) is 0 Å². The van der Waals surface area contributed by atoms with Gasteiger partial charge in [-0.1, -0.05) is 44.2 Å². The van der Waals surface area contributed by atoms with Crippen LogP contribution in [0, 0.1) is 5.82 Å². The second-order valence-corrected chi connectivity index (χ2v) is 6.17. The van der Waals surface area contributed by atoms with Crippen molar-refractivity contribution < 1.29 is 9.50 Å². The first-order valence-corrected chi connectivity index (χ1v) is 7.19. The topological polar surface area (TPSA) is 32.3 Å². The first-order valence-electron chi connectivity index (χ1n) is 7.19. The minimum Gasteiger partial charge on any atom is -0.505 e. The Morgan fingerprint density at radius 2 is 1.81 bits per heavy atom. The van der Waals surface area contributed by atoms with Crippen LogP contribution >= 0.6 is 0 Å². The molecule has 2 nitrogen and oxygen atoms in total. The highest BCUT2D eigenvalue weighted by Gasteiger charge is 2.23. The Balaban J connectivity index is 2.04. The molecule has 0 radical (unpaired) electrons. The van der Waals surface area contributed by atoms with Gasteiger partial charge in [0.2, 0.25) is 0 Å². The highest BCUT2D eigenvalue weighted by Crippen LogP contribution is 2.29. The molecule has 0 amide bonds. The molecule has 2 aromatic rings. The van der Waals surface area contributed by atoms with Gasteiger partial charge in [-0.2, -0.15) is 0 Å². The Bertz CT molecular complexity index is 595. The normalized spacial score (nSPS) is 13.0. The fourth-order valence-electron chi connectivity index (χ4n) is 2.70. The summed E-state index contributed by atoms with van der Waals surface area (Å²) in [5.74, 6) is -0.924. The van der Waals surface area contributed by atoms with Gasteiger partial charge in [0, 0.05) is 17.8 Å². The Kier molecular flexibility index (Phi) is 4.51. The Morgan fingerprint density at radius 3 is 2.43 bits per heavy atom. The molecule has 0 aromatic heterocycles. The Hall–Kier alpha value is -2.03. The average molecular weight is 287 g/mol. The zero-order valence-electron chi connectivity index (χ0n) is 12.7. The molecule has 0 bridgehead atoms. The minimum atomic E-state index is -0.602. The van der Waals surface area contributed by atoms with Gasteiger partial charge in [0.15, 0.2) is 11.6 Å². The molecule has 0 saturated carbocycles. The lowest BCUT2D eigenvalue weighted by Gasteiger charge is -2.29. The van der Waals surface area contributed by atoms with Crippen molar-refractivity contribution in [2.45, 2.75) is 38.6 Å². The number of rotatable bonds is 5. The summed E-state index contributed by atoms with van der Waals surface area (Å²) in [6.45, 7) is 6.49. The predicted molar refractivity (Wildman–Crippen MR) is 85.2 cm³/mol. The molecular formula is C18H22FNO. The van der Waals surface area contributed by atoms with Crippen molar-refractivity contribution in [3.8, 4) is 5.75 Å². The summed E-state index contributed by atoms with van der Waals surface area (Å²) in [6.07, 6.45) is 0.916. The molecule has 2 N–H and O–H groups in total. The number of benzene rings is 2. The van der Waals surface area contributed by atoms with Gasteiger partial charge in [0.1, 0.15) is 0 Å². The maximum absolute atomic E-state index is 13.3. The molecule has 3 heteroatoms. The average Bonchev–Trinajstić information content (AvgIpc) is 2.43. The van der Waals surface area contributed by atoms with Crippen LogP contribution in [0.4, 0.5) is 10.1 Å². The van der Waals surface area contributed by atoms with Crippen molar-refractivity contribution in [2.75, 3.05) is 5.32 Å². The predicted octanol–water partition coefficient (Wildman–Crippen LogP) is 4.70. The van der Waals surface area contributed by atoms with Crippen LogP contribution in [-0.2, 0) is 5.41 Å². The molecule has 112 valence electrons. The van der Waals surface area contributed by atoms with Gasteiger partial charge in [-0.15, -0.1) is 0 Å². The Morgan fingerprint density at radius 1 is 1.14 bits per heavy atom. The summed E-state index contributed by atoms with van der Waals surface area (Å²) < 4.78 is 13.3. The van der Waals surface area contributed by atoms with Crippen molar-refractivity contribution in [2.24, 2.45) is 0 Å². The first-order chi connectivity index (χ1) is 9.88. The highest BCUT2D eigenvalue weighted by atomic mass is 19.1. The van der Waals surface area contributed by atoms with Crippen molar-refractivity contribution in [1.82, 2.24) is 0 Å². The molecule has 0 aliphatic rings. The van der Waals surface area contributed by atoms with Crippen LogP contribution in [0.1, 0.15) is 32.8 Å². The summed E-state index contributed by atoms with van der Waals surface area (Å²) in [5, 5.41) is 12.5. The lowest BCUT2D eigenvalue weighted by Crippen LogP contribution is -2.27. The van der Waals surface area contributed by atoms with Crippen LogP contribution in [0.3, 0.4) is 0 Å². The number of hydrogen-bond acceptors (Lipinski definition) is 2. The van der Waals surface area contributed by atoms with E-state index in [1.807, 2.05) is 18.2 Å². The summed E-state index contributed by atoms with van der Waals surface area (Å²) in [6, 6.07) is 14.9. The van der Waals surface area contributed by atoms with Crippen molar-refractivity contribution in [3.05, 3.63) is 59.9 Å². The third-order valence-corrected chi connectivity index (χ3v) is 3.73. The number of anilines is 1. The second-order valence-electron chi connectivity index (χ2n) is 6.17. The zero-order valence-corrected chi connectivity index (χ0v) is 12.7. The molecule has 0 spiro atoms. The van der Waals surface area contributed by atoms with E-state index >= 15 is 0 Å². The first kappa shape index (κ1) is 15.4. The summed E-state index contributed by atoms with van der Waals surface area (Å²) in [7, 11) is 0. The quantitative estimate of drug-likeness (QED) is 0.781. The summed E-state index contributed by atoms with van der Waals surface area (Å²) >= 11 is 0. The smallest absolute Gasteiger partial charge is 0.166 e. The van der Waals surface area contributed by atoms with Crippen LogP contribution in [0.5, 0.6) is 5.75 Å². The number of aromatic hydroxyl groups is 1. The molecule has 21 heavy (non-hydrogen) atoms. The van der Waals surface area contributed by atoms with Gasteiger partial charge >= 0.3 is 0 Å². The molecule has 0 heterocycles. The van der Waals surface area contributed by atoms with E-state index in [0.29, 0.717) is 5.69 Å². The Labute approximate surface area is 125 Å². The maximum atomic E-state index is 13.3. The maximum Gasteiger partial charge on any atom is 0.166 e. The number of hydrogen-bond donors (Lipinski definition) is 2. The van der Waals surface area contributed by atoms with Crippen LogP contribution < -0.4 is 5.32 Å². The summed E-state index contributed by atoms with van der Waals surface area (Å²) in [5.41, 5.74) is 2.00. The number of phenolic OH excluding ortho intramolecular Hbond substituents is 1. The largest absolute Gasteiger partial charge is 0.505 e.